The number of amides is 1. The summed E-state index contributed by atoms with van der Waals surface area (Å²) in [6, 6.07) is -0.545. The molecule has 6 heteroatoms. The van der Waals surface area contributed by atoms with E-state index in [9.17, 15) is 19.8 Å². The van der Waals surface area contributed by atoms with E-state index < -0.39 is 12.1 Å². The lowest BCUT2D eigenvalue weighted by molar-refractivity contribution is -0.143. The number of unbranched alkanes of at least 4 members (excludes halogenated alkanes) is 43. The van der Waals surface area contributed by atoms with Gasteiger partial charge >= 0.3 is 5.97 Å². The first-order valence-corrected chi connectivity index (χ1v) is 29.9. The third-order valence-corrected chi connectivity index (χ3v) is 14.1. The standard InChI is InChI=1S/C60H117NO5/c1-3-5-7-9-11-13-15-16-17-26-29-33-36-40-44-48-52-58(63)57(56-62)61-59(64)53-49-45-41-37-34-30-27-24-22-20-18-19-21-23-25-28-31-35-39-43-47-51-55-66-60(65)54-50-46-42-38-32-14-12-10-8-6-4-2/h20,22,57-58,62-63H,3-19,21,23-56H2,1-2H3,(H,61,64)/b22-20-. The van der Waals surface area contributed by atoms with Crippen molar-refractivity contribution < 1.29 is 24.5 Å². The number of aliphatic hydroxyl groups is 2. The predicted molar refractivity (Wildman–Crippen MR) is 287 cm³/mol. The second-order valence-electron chi connectivity index (χ2n) is 20.7. The molecule has 3 N–H and O–H groups in total. The molecule has 0 bridgehead atoms. The van der Waals surface area contributed by atoms with Gasteiger partial charge in [-0.1, -0.05) is 283 Å². The van der Waals surface area contributed by atoms with Crippen LogP contribution in [0.5, 0.6) is 0 Å². The highest BCUT2D eigenvalue weighted by Crippen LogP contribution is 2.18. The Balaban J connectivity index is 3.42. The normalized spacial score (nSPS) is 12.6. The molecule has 66 heavy (non-hydrogen) atoms. The van der Waals surface area contributed by atoms with Crippen LogP contribution < -0.4 is 5.32 Å². The zero-order valence-electron chi connectivity index (χ0n) is 44.7. The largest absolute Gasteiger partial charge is 0.466 e. The van der Waals surface area contributed by atoms with Crippen molar-refractivity contribution in [3.8, 4) is 0 Å². The Bertz CT molecular complexity index is 986. The molecule has 0 aromatic carbocycles. The Morgan fingerprint density at radius 3 is 1.08 bits per heavy atom. The van der Waals surface area contributed by atoms with Gasteiger partial charge in [0, 0.05) is 12.8 Å². The molecule has 0 aromatic heterocycles. The molecule has 6 nitrogen and oxygen atoms in total. The number of esters is 1. The van der Waals surface area contributed by atoms with E-state index in [1.54, 1.807) is 0 Å². The minimum Gasteiger partial charge on any atom is -0.466 e. The van der Waals surface area contributed by atoms with Crippen molar-refractivity contribution in [3.05, 3.63) is 12.2 Å². The number of carbonyl (C=O) groups is 2. The van der Waals surface area contributed by atoms with Crippen molar-refractivity contribution in [2.24, 2.45) is 0 Å². The average molecular weight is 933 g/mol. The fraction of sp³-hybridized carbons (Fsp3) is 0.933. The summed E-state index contributed by atoms with van der Waals surface area (Å²) in [5.74, 6) is -0.0293. The van der Waals surface area contributed by atoms with Crippen LogP contribution in [0, 0.1) is 0 Å². The van der Waals surface area contributed by atoms with Gasteiger partial charge in [0.15, 0.2) is 0 Å². The lowest BCUT2D eigenvalue weighted by Gasteiger charge is -2.22. The molecule has 0 aliphatic carbocycles. The van der Waals surface area contributed by atoms with Gasteiger partial charge in [-0.05, 0) is 51.4 Å². The van der Waals surface area contributed by atoms with Gasteiger partial charge in [0.2, 0.25) is 5.91 Å². The van der Waals surface area contributed by atoms with E-state index in [1.165, 1.54) is 263 Å². The number of nitrogens with one attached hydrogen (secondary N) is 1. The highest BCUT2D eigenvalue weighted by atomic mass is 16.5. The van der Waals surface area contributed by atoms with Crippen molar-refractivity contribution in [2.45, 2.75) is 347 Å². The minimum atomic E-state index is -0.668. The van der Waals surface area contributed by atoms with Crippen LogP contribution in [0.4, 0.5) is 0 Å². The first-order valence-electron chi connectivity index (χ1n) is 29.9. The van der Waals surface area contributed by atoms with Gasteiger partial charge in [-0.25, -0.2) is 0 Å². The van der Waals surface area contributed by atoms with Gasteiger partial charge in [0.25, 0.3) is 0 Å². The van der Waals surface area contributed by atoms with Gasteiger partial charge in [0.1, 0.15) is 0 Å². The summed E-state index contributed by atoms with van der Waals surface area (Å²) < 4.78 is 5.46. The molecular formula is C60H117NO5. The summed E-state index contributed by atoms with van der Waals surface area (Å²) >= 11 is 0. The van der Waals surface area contributed by atoms with Crippen LogP contribution in [-0.4, -0.2) is 47.4 Å². The topological polar surface area (TPSA) is 95.9 Å². The summed E-state index contributed by atoms with van der Waals surface area (Å²) in [7, 11) is 0. The Morgan fingerprint density at radius 1 is 0.409 bits per heavy atom. The lowest BCUT2D eigenvalue weighted by Crippen LogP contribution is -2.45. The molecule has 0 rings (SSSR count). The molecule has 2 atom stereocenters. The van der Waals surface area contributed by atoms with Crippen LogP contribution >= 0.6 is 0 Å². The van der Waals surface area contributed by atoms with Gasteiger partial charge in [0.05, 0.1) is 25.4 Å². The van der Waals surface area contributed by atoms with Crippen molar-refractivity contribution in [1.29, 1.82) is 0 Å². The third-order valence-electron chi connectivity index (χ3n) is 14.1. The predicted octanol–water partition coefficient (Wildman–Crippen LogP) is 18.5. The number of rotatable bonds is 56. The van der Waals surface area contributed by atoms with Gasteiger partial charge in [-0.2, -0.15) is 0 Å². The zero-order valence-corrected chi connectivity index (χ0v) is 44.7. The van der Waals surface area contributed by atoms with Crippen molar-refractivity contribution in [1.82, 2.24) is 5.32 Å². The number of hydrogen-bond donors (Lipinski definition) is 3. The average Bonchev–Trinajstić information content (AvgIpc) is 3.32. The van der Waals surface area contributed by atoms with Crippen LogP contribution in [0.3, 0.4) is 0 Å². The number of ether oxygens (including phenoxy) is 1. The fourth-order valence-electron chi connectivity index (χ4n) is 9.46. The second-order valence-corrected chi connectivity index (χ2v) is 20.7. The van der Waals surface area contributed by atoms with Gasteiger partial charge in [-0.3, -0.25) is 9.59 Å². The maximum Gasteiger partial charge on any atom is 0.305 e. The highest BCUT2D eigenvalue weighted by molar-refractivity contribution is 5.76. The molecule has 0 aliphatic heterocycles. The van der Waals surface area contributed by atoms with E-state index >= 15 is 0 Å². The first-order chi connectivity index (χ1) is 32.5. The summed E-state index contributed by atoms with van der Waals surface area (Å²) in [4.78, 5) is 24.5. The summed E-state index contributed by atoms with van der Waals surface area (Å²) in [6.07, 6.45) is 66.4. The molecule has 0 fully saturated rings. The number of hydrogen-bond acceptors (Lipinski definition) is 5. The maximum atomic E-state index is 12.5. The summed E-state index contributed by atoms with van der Waals surface area (Å²) in [5, 5.41) is 23.3. The third kappa shape index (κ3) is 52.0. The summed E-state index contributed by atoms with van der Waals surface area (Å²) in [5.41, 5.74) is 0. The van der Waals surface area contributed by atoms with Crippen molar-refractivity contribution >= 4 is 11.9 Å². The Hall–Kier alpha value is -1.40. The molecular weight excluding hydrogens is 815 g/mol. The van der Waals surface area contributed by atoms with Crippen LogP contribution in [0.2, 0.25) is 0 Å². The molecule has 0 aromatic rings. The molecule has 2 unspecified atom stereocenters. The molecule has 0 saturated heterocycles. The SMILES string of the molecule is CCCCCCCCCCCCCCCCCCC(O)C(CO)NC(=O)CCCCCCCCC/C=C\CCCCCCCCCCCCCOC(=O)CCCCCCCCCCCCC. The summed E-state index contributed by atoms with van der Waals surface area (Å²) in [6.45, 7) is 4.96. The molecule has 0 aliphatic rings. The van der Waals surface area contributed by atoms with Crippen molar-refractivity contribution in [2.75, 3.05) is 13.2 Å². The Labute approximate surface area is 412 Å². The van der Waals surface area contributed by atoms with Crippen molar-refractivity contribution in [3.63, 3.8) is 0 Å². The van der Waals surface area contributed by atoms with E-state index in [-0.39, 0.29) is 18.5 Å². The quantitative estimate of drug-likeness (QED) is 0.0321. The van der Waals surface area contributed by atoms with E-state index in [0.29, 0.717) is 25.9 Å². The molecule has 0 radical (unpaired) electrons. The second kappa shape index (κ2) is 56.2. The highest BCUT2D eigenvalue weighted by Gasteiger charge is 2.20. The van der Waals surface area contributed by atoms with Gasteiger partial charge in [-0.15, -0.1) is 0 Å². The number of aliphatic hydroxyl groups excluding tert-OH is 2. The maximum absolute atomic E-state index is 12.5. The van der Waals surface area contributed by atoms with Gasteiger partial charge < -0.3 is 20.3 Å². The monoisotopic (exact) mass is 932 g/mol. The smallest absolute Gasteiger partial charge is 0.305 e. The molecule has 392 valence electrons. The molecule has 0 saturated carbocycles. The Kier molecular flexibility index (Phi) is 55.0. The van der Waals surface area contributed by atoms with Crippen LogP contribution in [-0.2, 0) is 14.3 Å². The Morgan fingerprint density at radius 2 is 0.712 bits per heavy atom. The van der Waals surface area contributed by atoms with E-state index in [1.807, 2.05) is 0 Å². The number of allylic oxidation sites excluding steroid dienone is 2. The first kappa shape index (κ1) is 64.6. The van der Waals surface area contributed by atoms with E-state index in [4.69, 9.17) is 4.74 Å². The molecule has 0 spiro atoms. The lowest BCUT2D eigenvalue weighted by atomic mass is 10.0. The fourth-order valence-corrected chi connectivity index (χ4v) is 9.46. The zero-order chi connectivity index (χ0) is 47.9. The van der Waals surface area contributed by atoms with Crippen LogP contribution in [0.15, 0.2) is 12.2 Å². The molecule has 0 heterocycles. The van der Waals surface area contributed by atoms with Crippen LogP contribution in [0.1, 0.15) is 335 Å². The van der Waals surface area contributed by atoms with Crippen LogP contribution in [0.25, 0.3) is 0 Å². The molecule has 1 amide bonds. The van der Waals surface area contributed by atoms with E-state index in [2.05, 4.69) is 31.3 Å². The minimum absolute atomic E-state index is 0.0102. The van der Waals surface area contributed by atoms with E-state index in [0.717, 1.165) is 38.5 Å². The number of carbonyl (C=O) groups excluding carboxylic acids is 2.